The molecule has 0 saturated carbocycles. The maximum atomic E-state index is 5.66. The fraction of sp³-hybridized carbons (Fsp3) is 0.333. The summed E-state index contributed by atoms with van der Waals surface area (Å²) in [5, 5.41) is 2.90. The lowest BCUT2D eigenvalue weighted by Gasteiger charge is -2.05. The highest BCUT2D eigenvalue weighted by Gasteiger charge is 1.97. The van der Waals surface area contributed by atoms with E-state index in [0.717, 1.165) is 0 Å². The van der Waals surface area contributed by atoms with Crippen molar-refractivity contribution >= 4 is 33.3 Å². The molecule has 1 N–H and O–H groups in total. The molecule has 0 aromatic carbocycles. The van der Waals surface area contributed by atoms with Gasteiger partial charge in [0, 0.05) is 0 Å². The highest BCUT2D eigenvalue weighted by Crippen LogP contribution is 2.07. The summed E-state index contributed by atoms with van der Waals surface area (Å²) in [4.78, 5) is 7.98. The monoisotopic (exact) mass is 235 g/mol. The fourth-order valence-electron chi connectivity index (χ4n) is 0.591. The van der Waals surface area contributed by atoms with Crippen molar-refractivity contribution < 1.29 is 0 Å². The lowest BCUT2D eigenvalue weighted by molar-refractivity contribution is 1.05. The second-order valence-corrected chi connectivity index (χ2v) is 3.45. The van der Waals surface area contributed by atoms with Gasteiger partial charge in [-0.25, -0.2) is 9.97 Å². The molecule has 5 heteroatoms. The third-order valence-corrected chi connectivity index (χ3v) is 1.49. The lowest BCUT2D eigenvalue weighted by Crippen LogP contribution is -2.08. The number of nitrogens with one attached hydrogen (secondary N) is 1. The zero-order valence-corrected chi connectivity index (χ0v) is 8.22. The van der Waals surface area contributed by atoms with Gasteiger partial charge in [-0.05, 0) is 22.9 Å². The number of anilines is 1. The Kier molecular flexibility index (Phi) is 3.08. The number of hydrogen-bond donors (Lipinski definition) is 1. The Bertz CT molecular complexity index is 224. The molecule has 0 spiro atoms. The van der Waals surface area contributed by atoms with Crippen molar-refractivity contribution in [1.82, 2.24) is 9.97 Å². The van der Waals surface area contributed by atoms with Gasteiger partial charge < -0.3 is 5.32 Å². The third-order valence-electron chi connectivity index (χ3n) is 0.967. The van der Waals surface area contributed by atoms with E-state index in [2.05, 4.69) is 31.2 Å². The molecular formula is C6H7BrClN3. The van der Waals surface area contributed by atoms with Crippen molar-refractivity contribution in [2.45, 2.75) is 12.4 Å². The van der Waals surface area contributed by atoms with E-state index in [9.17, 15) is 0 Å². The molecule has 0 aliphatic rings. The normalized spacial score (nSPS) is 12.6. The first-order valence-corrected chi connectivity index (χ1v) is 4.29. The largest absolute Gasteiger partial charge is 0.353 e. The van der Waals surface area contributed by atoms with Crippen molar-refractivity contribution in [1.29, 1.82) is 0 Å². The second kappa shape index (κ2) is 3.88. The number of alkyl halides is 1. The van der Waals surface area contributed by atoms with E-state index >= 15 is 0 Å². The van der Waals surface area contributed by atoms with Gasteiger partial charge in [0.15, 0.2) is 0 Å². The molecule has 0 bridgehead atoms. The van der Waals surface area contributed by atoms with Crippen LogP contribution in [0.3, 0.4) is 0 Å². The first-order chi connectivity index (χ1) is 5.18. The number of hydrogen-bond acceptors (Lipinski definition) is 3. The van der Waals surface area contributed by atoms with Crippen molar-refractivity contribution in [3.63, 3.8) is 0 Å². The Morgan fingerprint density at radius 1 is 1.55 bits per heavy atom. The van der Waals surface area contributed by atoms with Gasteiger partial charge in [0.2, 0.25) is 0 Å². The zero-order valence-electron chi connectivity index (χ0n) is 5.88. The predicted molar refractivity (Wildman–Crippen MR) is 48.7 cm³/mol. The third kappa shape index (κ3) is 3.03. The lowest BCUT2D eigenvalue weighted by atomic mass is 10.6. The standard InChI is InChI=1S/C6H7BrClN3/c1-4(8)11-6-3-9-5(7)2-10-6/h2-4H,1H3,(H,10,11). The Morgan fingerprint density at radius 3 is 2.73 bits per heavy atom. The maximum absolute atomic E-state index is 5.66. The Balaban J connectivity index is 2.66. The molecule has 0 fully saturated rings. The smallest absolute Gasteiger partial charge is 0.145 e. The molecule has 1 heterocycles. The summed E-state index contributed by atoms with van der Waals surface area (Å²) < 4.78 is 0.713. The summed E-state index contributed by atoms with van der Waals surface area (Å²) in [5.74, 6) is 0.677. The van der Waals surface area contributed by atoms with Crippen LogP contribution < -0.4 is 5.32 Å². The summed E-state index contributed by atoms with van der Waals surface area (Å²) in [6, 6.07) is 0. The molecule has 0 aliphatic carbocycles. The quantitative estimate of drug-likeness (QED) is 0.632. The molecule has 3 nitrogen and oxygen atoms in total. The molecule has 0 amide bonds. The predicted octanol–water partition coefficient (Wildman–Crippen LogP) is 2.24. The van der Waals surface area contributed by atoms with E-state index in [1.54, 1.807) is 12.4 Å². The first-order valence-electron chi connectivity index (χ1n) is 3.06. The van der Waals surface area contributed by atoms with Gasteiger partial charge in [-0.2, -0.15) is 0 Å². The van der Waals surface area contributed by atoms with Gasteiger partial charge in [0.05, 0.1) is 17.9 Å². The summed E-state index contributed by atoms with van der Waals surface area (Å²) in [7, 11) is 0. The maximum Gasteiger partial charge on any atom is 0.145 e. The molecule has 11 heavy (non-hydrogen) atoms. The average Bonchev–Trinajstić information content (AvgIpc) is 1.93. The van der Waals surface area contributed by atoms with Gasteiger partial charge in [-0.1, -0.05) is 11.6 Å². The minimum atomic E-state index is -0.134. The van der Waals surface area contributed by atoms with E-state index < -0.39 is 0 Å². The molecule has 1 atom stereocenters. The van der Waals surface area contributed by atoms with E-state index in [0.29, 0.717) is 10.4 Å². The average molecular weight is 236 g/mol. The van der Waals surface area contributed by atoms with E-state index in [-0.39, 0.29) is 5.50 Å². The Hall–Kier alpha value is -0.350. The van der Waals surface area contributed by atoms with E-state index in [4.69, 9.17) is 11.6 Å². The topological polar surface area (TPSA) is 37.8 Å². The van der Waals surface area contributed by atoms with E-state index in [1.807, 2.05) is 6.92 Å². The van der Waals surface area contributed by atoms with Gasteiger partial charge in [0.25, 0.3) is 0 Å². The summed E-state index contributed by atoms with van der Waals surface area (Å²) >= 11 is 8.84. The Morgan fingerprint density at radius 2 is 2.27 bits per heavy atom. The number of rotatable bonds is 2. The molecule has 1 unspecified atom stereocenters. The van der Waals surface area contributed by atoms with Crippen LogP contribution in [0.4, 0.5) is 5.82 Å². The van der Waals surface area contributed by atoms with Crippen molar-refractivity contribution in [2.75, 3.05) is 5.32 Å². The number of halogens is 2. The molecule has 1 aromatic rings. The minimum absolute atomic E-state index is 0.134. The van der Waals surface area contributed by atoms with Crippen LogP contribution in [0.1, 0.15) is 6.92 Å². The van der Waals surface area contributed by atoms with Crippen LogP contribution in [0.5, 0.6) is 0 Å². The summed E-state index contributed by atoms with van der Waals surface area (Å²) in [6.07, 6.45) is 3.23. The second-order valence-electron chi connectivity index (χ2n) is 1.98. The fourth-order valence-corrected chi connectivity index (χ4v) is 0.907. The van der Waals surface area contributed by atoms with Gasteiger partial charge in [0.1, 0.15) is 10.4 Å². The number of nitrogens with zero attached hydrogens (tertiary/aromatic N) is 2. The zero-order chi connectivity index (χ0) is 8.27. The van der Waals surface area contributed by atoms with E-state index in [1.165, 1.54) is 0 Å². The minimum Gasteiger partial charge on any atom is -0.353 e. The molecule has 0 aliphatic heterocycles. The molecule has 0 saturated heterocycles. The Labute approximate surface area is 78.3 Å². The molecule has 1 aromatic heterocycles. The summed E-state index contributed by atoms with van der Waals surface area (Å²) in [6.45, 7) is 1.82. The number of aromatic nitrogens is 2. The SMILES string of the molecule is CC(Cl)Nc1cnc(Br)cn1. The molecule has 60 valence electrons. The van der Waals surface area contributed by atoms with Crippen LogP contribution >= 0.6 is 27.5 Å². The van der Waals surface area contributed by atoms with Crippen molar-refractivity contribution in [3.8, 4) is 0 Å². The summed E-state index contributed by atoms with van der Waals surface area (Å²) in [5.41, 5.74) is -0.134. The van der Waals surface area contributed by atoms with Crippen molar-refractivity contribution in [3.05, 3.63) is 17.0 Å². The van der Waals surface area contributed by atoms with Gasteiger partial charge in [-0.3, -0.25) is 0 Å². The first kappa shape index (κ1) is 8.74. The van der Waals surface area contributed by atoms with Gasteiger partial charge in [-0.15, -0.1) is 0 Å². The molecule has 0 radical (unpaired) electrons. The highest BCUT2D eigenvalue weighted by atomic mass is 79.9. The van der Waals surface area contributed by atoms with Crippen LogP contribution in [0, 0.1) is 0 Å². The molecular weight excluding hydrogens is 229 g/mol. The van der Waals surface area contributed by atoms with Crippen LogP contribution in [0.15, 0.2) is 17.0 Å². The van der Waals surface area contributed by atoms with Crippen LogP contribution in [-0.4, -0.2) is 15.5 Å². The highest BCUT2D eigenvalue weighted by molar-refractivity contribution is 9.10. The molecule has 1 rings (SSSR count). The van der Waals surface area contributed by atoms with Crippen molar-refractivity contribution in [2.24, 2.45) is 0 Å². The van der Waals surface area contributed by atoms with Crippen LogP contribution in [-0.2, 0) is 0 Å². The van der Waals surface area contributed by atoms with Crippen LogP contribution in [0.2, 0.25) is 0 Å². The van der Waals surface area contributed by atoms with Gasteiger partial charge >= 0.3 is 0 Å². The van der Waals surface area contributed by atoms with Crippen LogP contribution in [0.25, 0.3) is 0 Å².